The van der Waals surface area contributed by atoms with E-state index in [4.69, 9.17) is 0 Å². The summed E-state index contributed by atoms with van der Waals surface area (Å²) >= 11 is 0. The van der Waals surface area contributed by atoms with Gasteiger partial charge in [0.1, 0.15) is 11.6 Å². The predicted octanol–water partition coefficient (Wildman–Crippen LogP) is 3.21. The van der Waals surface area contributed by atoms with Crippen molar-refractivity contribution in [3.8, 4) is 5.75 Å². The number of piperazine rings is 1. The van der Waals surface area contributed by atoms with Gasteiger partial charge >= 0.3 is 12.8 Å². The van der Waals surface area contributed by atoms with Crippen LogP contribution in [0, 0.1) is 0 Å². The van der Waals surface area contributed by atoms with E-state index in [-0.39, 0.29) is 31.9 Å². The van der Waals surface area contributed by atoms with Crippen molar-refractivity contribution in [2.45, 2.75) is 17.7 Å². The minimum Gasteiger partial charge on any atom is -0.433 e. The molecule has 0 saturated carbocycles. The van der Waals surface area contributed by atoms with Crippen LogP contribution < -0.4 is 9.64 Å². The molecule has 1 aromatic heterocycles. The molecule has 0 bridgehead atoms. The third kappa shape index (κ3) is 4.93. The maximum absolute atomic E-state index is 12.9. The highest BCUT2D eigenvalue weighted by atomic mass is 32.2. The Morgan fingerprint density at radius 1 is 1.03 bits per heavy atom. The minimum atomic E-state index is -4.64. The lowest BCUT2D eigenvalue weighted by Crippen LogP contribution is -2.48. The molecule has 0 atom stereocenters. The van der Waals surface area contributed by atoms with Gasteiger partial charge in [0, 0.05) is 26.2 Å². The van der Waals surface area contributed by atoms with Crippen LogP contribution in [0.1, 0.15) is 5.56 Å². The summed E-state index contributed by atoms with van der Waals surface area (Å²) in [6.07, 6.45) is -3.51. The first-order valence-corrected chi connectivity index (χ1v) is 9.84. The molecular weight excluding hydrogens is 421 g/mol. The topological polar surface area (TPSA) is 62.7 Å². The molecule has 3 rings (SSSR count). The van der Waals surface area contributed by atoms with Crippen LogP contribution in [0.15, 0.2) is 47.5 Å². The molecule has 1 aromatic carbocycles. The van der Waals surface area contributed by atoms with Crippen molar-refractivity contribution in [2.75, 3.05) is 31.1 Å². The maximum Gasteiger partial charge on any atom is 0.416 e. The van der Waals surface area contributed by atoms with Crippen LogP contribution in [-0.2, 0) is 16.2 Å². The van der Waals surface area contributed by atoms with Gasteiger partial charge in [0.15, 0.2) is 0 Å². The second-order valence-corrected chi connectivity index (χ2v) is 8.09. The first kappa shape index (κ1) is 21.2. The Morgan fingerprint density at radius 2 is 1.72 bits per heavy atom. The summed E-state index contributed by atoms with van der Waals surface area (Å²) in [6.45, 7) is -2.42. The molecule has 0 unspecified atom stereocenters. The summed E-state index contributed by atoms with van der Waals surface area (Å²) in [7, 11) is -4.09. The van der Waals surface area contributed by atoms with Crippen LogP contribution in [0.4, 0.5) is 27.8 Å². The minimum absolute atomic E-state index is 0.0372. The summed E-state index contributed by atoms with van der Waals surface area (Å²) in [5.74, 6) is 0.345. The second kappa shape index (κ2) is 8.11. The number of pyridine rings is 1. The van der Waals surface area contributed by atoms with E-state index < -0.39 is 33.3 Å². The monoisotopic (exact) mass is 437 g/mol. The van der Waals surface area contributed by atoms with E-state index >= 15 is 0 Å². The van der Waals surface area contributed by atoms with Gasteiger partial charge in [-0.05, 0) is 30.3 Å². The van der Waals surface area contributed by atoms with Gasteiger partial charge in [0.2, 0.25) is 10.0 Å². The van der Waals surface area contributed by atoms with Crippen LogP contribution in [0.5, 0.6) is 5.75 Å². The first-order valence-electron chi connectivity index (χ1n) is 8.40. The van der Waals surface area contributed by atoms with Gasteiger partial charge in [-0.1, -0.05) is 6.07 Å². The lowest BCUT2D eigenvalue weighted by atomic mass is 10.2. The highest BCUT2D eigenvalue weighted by molar-refractivity contribution is 7.89. The van der Waals surface area contributed by atoms with Gasteiger partial charge in [-0.3, -0.25) is 0 Å². The molecule has 29 heavy (non-hydrogen) atoms. The molecular formula is C17H16F5N3O3S. The average Bonchev–Trinajstić information content (AvgIpc) is 2.68. The summed E-state index contributed by atoms with van der Waals surface area (Å²) in [6, 6.07) is 6.39. The second-order valence-electron chi connectivity index (χ2n) is 6.15. The number of ether oxygens (including phenoxy) is 1. The molecule has 0 amide bonds. The lowest BCUT2D eigenvalue weighted by Gasteiger charge is -2.34. The molecule has 1 aliphatic heterocycles. The number of hydrogen-bond donors (Lipinski definition) is 0. The van der Waals surface area contributed by atoms with Crippen molar-refractivity contribution in [3.63, 3.8) is 0 Å². The largest absolute Gasteiger partial charge is 0.433 e. The van der Waals surface area contributed by atoms with Gasteiger partial charge in [0.25, 0.3) is 0 Å². The zero-order chi connectivity index (χ0) is 21.2. The van der Waals surface area contributed by atoms with Gasteiger partial charge in [-0.2, -0.15) is 26.3 Å². The zero-order valence-corrected chi connectivity index (χ0v) is 15.6. The molecule has 6 nitrogen and oxygen atoms in total. The van der Waals surface area contributed by atoms with Gasteiger partial charge < -0.3 is 9.64 Å². The third-order valence-electron chi connectivity index (χ3n) is 4.31. The molecule has 0 N–H and O–H groups in total. The Balaban J connectivity index is 1.68. The molecule has 1 saturated heterocycles. The fourth-order valence-electron chi connectivity index (χ4n) is 2.87. The van der Waals surface area contributed by atoms with E-state index in [0.717, 1.165) is 28.7 Å². The van der Waals surface area contributed by atoms with E-state index in [2.05, 4.69) is 9.72 Å². The number of rotatable bonds is 5. The Hall–Kier alpha value is -2.47. The molecule has 2 heterocycles. The van der Waals surface area contributed by atoms with Crippen molar-refractivity contribution in [2.24, 2.45) is 0 Å². The van der Waals surface area contributed by atoms with Gasteiger partial charge in [0.05, 0.1) is 16.7 Å². The molecule has 12 heteroatoms. The number of alkyl halides is 5. The number of benzene rings is 1. The standard InChI is InChI=1S/C17H16F5N3O3S/c18-16(19)28-13-4-5-15(23-11-13)24-6-8-25(9-7-24)29(26,27)14-3-1-2-12(10-14)17(20,21)22/h1-5,10-11,16H,6-9H2. The van der Waals surface area contributed by atoms with Gasteiger partial charge in [-0.25, -0.2) is 13.4 Å². The molecule has 158 valence electrons. The number of hydrogen-bond acceptors (Lipinski definition) is 5. The van der Waals surface area contributed by atoms with Crippen molar-refractivity contribution >= 4 is 15.8 Å². The fourth-order valence-corrected chi connectivity index (χ4v) is 4.34. The summed E-state index contributed by atoms with van der Waals surface area (Å²) < 4.78 is 93.7. The highest BCUT2D eigenvalue weighted by Gasteiger charge is 2.34. The zero-order valence-electron chi connectivity index (χ0n) is 14.8. The summed E-state index contributed by atoms with van der Waals surface area (Å²) in [4.78, 5) is 5.33. The molecule has 0 spiro atoms. The molecule has 0 aliphatic carbocycles. The third-order valence-corrected chi connectivity index (χ3v) is 6.20. The van der Waals surface area contributed by atoms with E-state index in [1.807, 2.05) is 0 Å². The quantitative estimate of drug-likeness (QED) is 0.673. The number of nitrogens with zero attached hydrogens (tertiary/aromatic N) is 3. The Bertz CT molecular complexity index is 944. The van der Waals surface area contributed by atoms with Gasteiger partial charge in [-0.15, -0.1) is 0 Å². The molecule has 2 aromatic rings. The maximum atomic E-state index is 12.9. The Kier molecular flexibility index (Phi) is 5.94. The number of halogens is 5. The smallest absolute Gasteiger partial charge is 0.416 e. The fraction of sp³-hybridized carbons (Fsp3) is 0.353. The first-order chi connectivity index (χ1) is 13.6. The molecule has 0 radical (unpaired) electrons. The number of aromatic nitrogens is 1. The van der Waals surface area contributed by atoms with Crippen molar-refractivity contribution in [1.29, 1.82) is 0 Å². The number of sulfonamides is 1. The van der Waals surface area contributed by atoms with Crippen molar-refractivity contribution in [1.82, 2.24) is 9.29 Å². The Labute approximate surface area is 163 Å². The van der Waals surface area contributed by atoms with Crippen LogP contribution in [0.2, 0.25) is 0 Å². The van der Waals surface area contributed by atoms with Crippen LogP contribution in [-0.4, -0.2) is 50.5 Å². The average molecular weight is 437 g/mol. The van der Waals surface area contributed by atoms with Crippen LogP contribution >= 0.6 is 0 Å². The highest BCUT2D eigenvalue weighted by Crippen LogP contribution is 2.31. The van der Waals surface area contributed by atoms with E-state index in [0.29, 0.717) is 11.9 Å². The van der Waals surface area contributed by atoms with E-state index in [1.54, 1.807) is 4.90 Å². The van der Waals surface area contributed by atoms with Crippen LogP contribution in [0.25, 0.3) is 0 Å². The van der Waals surface area contributed by atoms with E-state index in [9.17, 15) is 30.4 Å². The SMILES string of the molecule is O=S(=O)(c1cccc(C(F)(F)F)c1)N1CCN(c2ccc(OC(F)F)cn2)CC1. The summed E-state index contributed by atoms with van der Waals surface area (Å²) in [5.41, 5.74) is -1.03. The normalized spacial score (nSPS) is 16.3. The lowest BCUT2D eigenvalue weighted by molar-refractivity contribution is -0.137. The molecule has 1 fully saturated rings. The summed E-state index contributed by atoms with van der Waals surface area (Å²) in [5, 5.41) is 0. The molecule has 1 aliphatic rings. The van der Waals surface area contributed by atoms with Crippen molar-refractivity contribution in [3.05, 3.63) is 48.2 Å². The Morgan fingerprint density at radius 3 is 2.28 bits per heavy atom. The van der Waals surface area contributed by atoms with E-state index in [1.165, 1.54) is 12.1 Å². The van der Waals surface area contributed by atoms with Crippen molar-refractivity contribution < 1.29 is 35.1 Å². The number of anilines is 1. The predicted molar refractivity (Wildman–Crippen MR) is 93.3 cm³/mol. The van der Waals surface area contributed by atoms with Crippen LogP contribution in [0.3, 0.4) is 0 Å².